The first-order valence-electron chi connectivity index (χ1n) is 4.41. The molecule has 2 aromatic carbocycles. The topological polar surface area (TPSA) is 20.3 Å². The standard InChI is InChI=1S/C12H10NO/c1-13(9-14)12-7-6-10-4-2-3-5-11(10)8-12/h2-8H,1H3. The van der Waals surface area contributed by atoms with Crippen LogP contribution in [0, 0.1) is 0 Å². The second-order valence-electron chi connectivity index (χ2n) is 3.18. The van der Waals surface area contributed by atoms with Crippen LogP contribution in [0.5, 0.6) is 0 Å². The maximum Gasteiger partial charge on any atom is 0.316 e. The third-order valence-corrected chi connectivity index (χ3v) is 2.26. The van der Waals surface area contributed by atoms with Crippen molar-refractivity contribution in [3.63, 3.8) is 0 Å². The molecule has 0 aliphatic heterocycles. The molecule has 1 amide bonds. The quantitative estimate of drug-likeness (QED) is 0.656. The van der Waals surface area contributed by atoms with Gasteiger partial charge in [0.15, 0.2) is 0 Å². The number of carbonyl (C=O) groups excluding carboxylic acids is 1. The van der Waals surface area contributed by atoms with E-state index in [2.05, 4.69) is 0 Å². The Bertz CT molecular complexity index is 465. The number of fused-ring (bicyclic) bond motifs is 1. The van der Waals surface area contributed by atoms with E-state index in [0.29, 0.717) is 0 Å². The minimum atomic E-state index is 0.860. The van der Waals surface area contributed by atoms with Gasteiger partial charge in [0.25, 0.3) is 0 Å². The van der Waals surface area contributed by atoms with Gasteiger partial charge in [-0.3, -0.25) is 4.79 Å². The van der Waals surface area contributed by atoms with Crippen LogP contribution in [-0.4, -0.2) is 13.5 Å². The van der Waals surface area contributed by atoms with Crippen molar-refractivity contribution in [3.8, 4) is 0 Å². The van der Waals surface area contributed by atoms with Gasteiger partial charge in [-0.25, -0.2) is 0 Å². The summed E-state index contributed by atoms with van der Waals surface area (Å²) >= 11 is 0. The lowest BCUT2D eigenvalue weighted by Gasteiger charge is -2.09. The summed E-state index contributed by atoms with van der Waals surface area (Å²) < 4.78 is 0. The number of hydrogen-bond donors (Lipinski definition) is 0. The second kappa shape index (κ2) is 3.50. The Morgan fingerprint density at radius 1 is 1.07 bits per heavy atom. The van der Waals surface area contributed by atoms with Crippen molar-refractivity contribution in [1.82, 2.24) is 0 Å². The average molecular weight is 184 g/mol. The number of nitrogens with zero attached hydrogens (tertiary/aromatic N) is 1. The Labute approximate surface area is 82.8 Å². The summed E-state index contributed by atoms with van der Waals surface area (Å²) in [5, 5.41) is 2.31. The van der Waals surface area contributed by atoms with Gasteiger partial charge in [-0.2, -0.15) is 0 Å². The fraction of sp³-hybridized carbons (Fsp3) is 0.0833. The highest BCUT2D eigenvalue weighted by Gasteiger charge is 2.00. The summed E-state index contributed by atoms with van der Waals surface area (Å²) in [6, 6.07) is 13.9. The highest BCUT2D eigenvalue weighted by molar-refractivity contribution is 5.88. The SMILES string of the molecule is CN([C]=O)c1ccc2ccccc2c1. The van der Waals surface area contributed by atoms with Gasteiger partial charge in [0.05, 0.1) is 0 Å². The van der Waals surface area contributed by atoms with Crippen LogP contribution in [0.25, 0.3) is 10.8 Å². The number of benzene rings is 2. The number of anilines is 1. The molecule has 2 aromatic rings. The lowest BCUT2D eigenvalue weighted by Crippen LogP contribution is -2.13. The largest absolute Gasteiger partial charge is 0.316 e. The zero-order valence-electron chi connectivity index (χ0n) is 7.90. The normalized spacial score (nSPS) is 10.1. The Balaban J connectivity index is 2.56. The summed E-state index contributed by atoms with van der Waals surface area (Å²) in [7, 11) is 1.69. The van der Waals surface area contributed by atoms with Gasteiger partial charge in [0.2, 0.25) is 0 Å². The molecule has 0 bridgehead atoms. The van der Waals surface area contributed by atoms with Crippen molar-refractivity contribution in [3.05, 3.63) is 42.5 Å². The van der Waals surface area contributed by atoms with E-state index in [1.807, 2.05) is 48.9 Å². The average Bonchev–Trinajstić information content (AvgIpc) is 2.27. The van der Waals surface area contributed by atoms with Gasteiger partial charge in [-0.05, 0) is 22.9 Å². The van der Waals surface area contributed by atoms with E-state index in [0.717, 1.165) is 11.1 Å². The van der Waals surface area contributed by atoms with Gasteiger partial charge < -0.3 is 4.90 Å². The number of rotatable bonds is 2. The van der Waals surface area contributed by atoms with E-state index in [4.69, 9.17) is 0 Å². The third kappa shape index (κ3) is 1.46. The predicted octanol–water partition coefficient (Wildman–Crippen LogP) is 2.34. The lowest BCUT2D eigenvalue weighted by molar-refractivity contribution is 0.554. The van der Waals surface area contributed by atoms with Crippen LogP contribution in [0.3, 0.4) is 0 Å². The molecular weight excluding hydrogens is 174 g/mol. The van der Waals surface area contributed by atoms with Crippen molar-refractivity contribution in [1.29, 1.82) is 0 Å². The number of hydrogen-bond acceptors (Lipinski definition) is 1. The molecule has 0 atom stereocenters. The lowest BCUT2D eigenvalue weighted by atomic mass is 10.1. The van der Waals surface area contributed by atoms with Crippen molar-refractivity contribution >= 4 is 22.9 Å². The van der Waals surface area contributed by atoms with Crippen LogP contribution in [0.15, 0.2) is 42.5 Å². The zero-order valence-corrected chi connectivity index (χ0v) is 7.90. The van der Waals surface area contributed by atoms with Gasteiger partial charge in [-0.15, -0.1) is 0 Å². The molecule has 14 heavy (non-hydrogen) atoms. The first-order chi connectivity index (χ1) is 6.81. The molecule has 0 N–H and O–H groups in total. The fourth-order valence-electron chi connectivity index (χ4n) is 1.44. The van der Waals surface area contributed by atoms with E-state index in [9.17, 15) is 4.79 Å². The Kier molecular flexibility index (Phi) is 2.19. The van der Waals surface area contributed by atoms with E-state index < -0.39 is 0 Å². The molecule has 0 aliphatic rings. The van der Waals surface area contributed by atoms with Gasteiger partial charge in [0, 0.05) is 12.7 Å². The smallest absolute Gasteiger partial charge is 0.307 e. The molecular formula is C12H10NO. The van der Waals surface area contributed by atoms with Crippen molar-refractivity contribution in [2.45, 2.75) is 0 Å². The summed E-state index contributed by atoms with van der Waals surface area (Å²) in [6.45, 7) is 0. The van der Waals surface area contributed by atoms with Crippen LogP contribution in [-0.2, 0) is 4.79 Å². The molecule has 0 aromatic heterocycles. The maximum atomic E-state index is 10.4. The first-order valence-corrected chi connectivity index (χ1v) is 4.41. The molecule has 0 heterocycles. The third-order valence-electron chi connectivity index (χ3n) is 2.26. The number of amides is 1. The monoisotopic (exact) mass is 184 g/mol. The summed E-state index contributed by atoms with van der Waals surface area (Å²) in [5.41, 5.74) is 0.860. The van der Waals surface area contributed by atoms with Gasteiger partial charge in [0.1, 0.15) is 0 Å². The molecule has 0 unspecified atom stereocenters. The Hall–Kier alpha value is -1.83. The highest BCUT2D eigenvalue weighted by Crippen LogP contribution is 2.20. The molecule has 0 aliphatic carbocycles. The molecule has 2 nitrogen and oxygen atoms in total. The predicted molar refractivity (Wildman–Crippen MR) is 58.0 cm³/mol. The van der Waals surface area contributed by atoms with E-state index in [1.165, 1.54) is 10.3 Å². The highest BCUT2D eigenvalue weighted by atomic mass is 16.1. The van der Waals surface area contributed by atoms with Crippen LogP contribution in [0.4, 0.5) is 5.69 Å². The van der Waals surface area contributed by atoms with Crippen molar-refractivity contribution in [2.24, 2.45) is 0 Å². The van der Waals surface area contributed by atoms with Crippen LogP contribution in [0.2, 0.25) is 0 Å². The van der Waals surface area contributed by atoms with E-state index in [1.54, 1.807) is 7.05 Å². The van der Waals surface area contributed by atoms with Gasteiger partial charge >= 0.3 is 6.41 Å². The van der Waals surface area contributed by atoms with Crippen LogP contribution >= 0.6 is 0 Å². The molecule has 0 saturated carbocycles. The molecule has 0 saturated heterocycles. The minimum Gasteiger partial charge on any atom is -0.307 e. The Morgan fingerprint density at radius 3 is 2.50 bits per heavy atom. The van der Waals surface area contributed by atoms with Crippen molar-refractivity contribution in [2.75, 3.05) is 11.9 Å². The van der Waals surface area contributed by atoms with Crippen molar-refractivity contribution < 1.29 is 4.79 Å². The van der Waals surface area contributed by atoms with E-state index >= 15 is 0 Å². The molecule has 2 rings (SSSR count). The second-order valence-corrected chi connectivity index (χ2v) is 3.18. The molecule has 1 radical (unpaired) electrons. The zero-order chi connectivity index (χ0) is 9.97. The van der Waals surface area contributed by atoms with E-state index in [-0.39, 0.29) is 0 Å². The molecule has 0 fully saturated rings. The fourth-order valence-corrected chi connectivity index (χ4v) is 1.44. The molecule has 0 spiro atoms. The minimum absolute atomic E-state index is 0.860. The first kappa shape index (κ1) is 8.75. The summed E-state index contributed by atoms with van der Waals surface area (Å²) in [4.78, 5) is 11.9. The molecule has 2 heteroatoms. The summed E-state index contributed by atoms with van der Waals surface area (Å²) in [5.74, 6) is 0. The maximum absolute atomic E-state index is 10.4. The van der Waals surface area contributed by atoms with Crippen LogP contribution < -0.4 is 4.90 Å². The molecule has 69 valence electrons. The van der Waals surface area contributed by atoms with Gasteiger partial charge in [-0.1, -0.05) is 30.3 Å². The van der Waals surface area contributed by atoms with Crippen LogP contribution in [0.1, 0.15) is 0 Å². The Morgan fingerprint density at radius 2 is 1.79 bits per heavy atom. The summed E-state index contributed by atoms with van der Waals surface area (Å²) in [6.07, 6.45) is 1.83.